The Morgan fingerprint density at radius 3 is 1.60 bits per heavy atom. The van der Waals surface area contributed by atoms with Crippen LogP contribution in [-0.2, 0) is 11.8 Å². The molecule has 35 heavy (non-hydrogen) atoms. The Balaban J connectivity index is 2.02. The molecule has 1 spiro atoms. The second-order valence-corrected chi connectivity index (χ2v) is 16.2. The Morgan fingerprint density at radius 2 is 1.11 bits per heavy atom. The molecule has 2 aromatic carbocycles. The van der Waals surface area contributed by atoms with Gasteiger partial charge in [0.05, 0.1) is 0 Å². The van der Waals surface area contributed by atoms with Crippen LogP contribution in [0.4, 0.5) is 52.7 Å². The standard InChI is InChI=1S/C19H10F12O2STe/c20-16(21,22)14(17(23,24)25)11-8-4-5-9-12(11)35(32-14)13(34-10-6-2-1-3-7-10)15(33-35,18(26,27)28)19(29,30)31/h1-9,13H. The molecule has 0 aliphatic carbocycles. The predicted octanol–water partition coefficient (Wildman–Crippen LogP) is 6.28. The van der Waals surface area contributed by atoms with E-state index in [0.29, 0.717) is 12.1 Å². The molecule has 2 unspecified atom stereocenters. The van der Waals surface area contributed by atoms with Gasteiger partial charge in [-0.3, -0.25) is 0 Å². The fourth-order valence-corrected chi connectivity index (χ4v) is 18.0. The van der Waals surface area contributed by atoms with Gasteiger partial charge in [-0.25, -0.2) is 0 Å². The van der Waals surface area contributed by atoms with Crippen LogP contribution in [0.15, 0.2) is 59.5 Å². The summed E-state index contributed by atoms with van der Waals surface area (Å²) >= 11 is -6.66. The van der Waals surface area contributed by atoms with Crippen molar-refractivity contribution in [3.05, 3.63) is 60.2 Å². The number of alkyl halides is 12. The molecule has 194 valence electrons. The van der Waals surface area contributed by atoms with Gasteiger partial charge in [0, 0.05) is 0 Å². The van der Waals surface area contributed by atoms with Crippen LogP contribution in [-0.4, -0.2) is 52.6 Å². The first-order chi connectivity index (χ1) is 15.9. The second-order valence-electron chi connectivity index (χ2n) is 7.38. The van der Waals surface area contributed by atoms with Crippen molar-refractivity contribution >= 4 is 34.4 Å². The minimum absolute atomic E-state index is 0.167. The molecular weight excluding hydrogens is 648 g/mol. The Morgan fingerprint density at radius 1 is 0.629 bits per heavy atom. The number of thioether (sulfide) groups is 1. The zero-order valence-electron chi connectivity index (χ0n) is 16.4. The summed E-state index contributed by atoms with van der Waals surface area (Å²) in [5, 5.41) is 0. The summed E-state index contributed by atoms with van der Waals surface area (Å²) in [4.78, 5) is -0.262. The molecule has 0 saturated carbocycles. The van der Waals surface area contributed by atoms with Crippen molar-refractivity contribution in [1.82, 2.24) is 0 Å². The van der Waals surface area contributed by atoms with E-state index in [0.717, 1.165) is 24.3 Å². The molecule has 2 aliphatic heterocycles. The molecular formula is C19H10F12O2STe. The molecule has 0 radical (unpaired) electrons. The summed E-state index contributed by atoms with van der Waals surface area (Å²) < 4.78 is 172. The molecule has 4 rings (SSSR count). The second kappa shape index (κ2) is 7.83. The van der Waals surface area contributed by atoms with Crippen LogP contribution in [0.1, 0.15) is 5.56 Å². The van der Waals surface area contributed by atoms with Crippen LogP contribution >= 0.6 is 11.8 Å². The van der Waals surface area contributed by atoms with Crippen molar-refractivity contribution in [2.75, 3.05) is 0 Å². The molecule has 1 saturated heterocycles. The number of halogens is 12. The van der Waals surface area contributed by atoms with Crippen LogP contribution in [0, 0.1) is 0 Å². The van der Waals surface area contributed by atoms with Gasteiger partial charge in [-0.15, -0.1) is 0 Å². The first-order valence-electron chi connectivity index (χ1n) is 9.17. The van der Waals surface area contributed by atoms with E-state index >= 15 is 0 Å². The average molecular weight is 658 g/mol. The topological polar surface area (TPSA) is 18.5 Å². The van der Waals surface area contributed by atoms with Gasteiger partial charge in [-0.2, -0.15) is 0 Å². The molecule has 2 heterocycles. The minimum atomic E-state index is -6.49. The molecule has 0 bridgehead atoms. The quantitative estimate of drug-likeness (QED) is 0.280. The van der Waals surface area contributed by atoms with E-state index in [9.17, 15) is 52.7 Å². The Kier molecular flexibility index (Phi) is 5.98. The van der Waals surface area contributed by atoms with Crippen LogP contribution in [0.5, 0.6) is 0 Å². The number of benzene rings is 2. The molecule has 2 nitrogen and oxygen atoms in total. The van der Waals surface area contributed by atoms with Crippen LogP contribution in [0.25, 0.3) is 0 Å². The third-order valence-electron chi connectivity index (χ3n) is 5.32. The SMILES string of the molecule is FC(F)(F)C1(C(F)(F)F)O[Te]2(OC(C(F)(F)F)(C(F)(F)F)C2Sc2ccccc2)c2ccccc21. The van der Waals surface area contributed by atoms with E-state index in [1.807, 2.05) is 0 Å². The van der Waals surface area contributed by atoms with Gasteiger partial charge in [0.1, 0.15) is 0 Å². The normalized spacial score (nSPS) is 27.7. The van der Waals surface area contributed by atoms with Crippen LogP contribution in [0.3, 0.4) is 0 Å². The van der Waals surface area contributed by atoms with Crippen molar-refractivity contribution in [2.24, 2.45) is 0 Å². The molecule has 2 aliphatic rings. The van der Waals surface area contributed by atoms with Gasteiger partial charge in [-0.1, -0.05) is 0 Å². The van der Waals surface area contributed by atoms with Gasteiger partial charge in [0.15, 0.2) is 0 Å². The molecule has 2 atom stereocenters. The maximum atomic E-state index is 14.0. The van der Waals surface area contributed by atoms with Gasteiger partial charge in [0.2, 0.25) is 0 Å². The van der Waals surface area contributed by atoms with Gasteiger partial charge < -0.3 is 0 Å². The monoisotopic (exact) mass is 660 g/mol. The Bertz CT molecular complexity index is 1080. The zero-order chi connectivity index (χ0) is 26.3. The molecule has 1 fully saturated rings. The number of hydrogen-bond donors (Lipinski definition) is 0. The van der Waals surface area contributed by atoms with Crippen LogP contribution < -0.4 is 3.61 Å². The Hall–Kier alpha value is -1.34. The molecule has 2 aromatic rings. The van der Waals surface area contributed by atoms with E-state index < -0.39 is 67.4 Å². The maximum absolute atomic E-state index is 14.0. The molecule has 0 aromatic heterocycles. The van der Waals surface area contributed by atoms with Crippen molar-refractivity contribution in [3.63, 3.8) is 0 Å². The molecule has 0 amide bonds. The van der Waals surface area contributed by atoms with Crippen molar-refractivity contribution in [2.45, 2.75) is 44.1 Å². The summed E-state index contributed by atoms with van der Waals surface area (Å²) in [6.45, 7) is 0. The summed E-state index contributed by atoms with van der Waals surface area (Å²) in [5.41, 5.74) is -11.8. The van der Waals surface area contributed by atoms with Gasteiger partial charge in [-0.05, 0) is 0 Å². The van der Waals surface area contributed by atoms with E-state index in [1.165, 1.54) is 18.2 Å². The number of hydrogen-bond acceptors (Lipinski definition) is 3. The van der Waals surface area contributed by atoms with E-state index in [1.54, 1.807) is 0 Å². The fraction of sp³-hybridized carbons (Fsp3) is 0.368. The Labute approximate surface area is 197 Å². The predicted molar refractivity (Wildman–Crippen MR) is 98.7 cm³/mol. The third kappa shape index (κ3) is 3.50. The van der Waals surface area contributed by atoms with Crippen LogP contribution in [0.2, 0.25) is 0 Å². The fourth-order valence-electron chi connectivity index (χ4n) is 3.81. The van der Waals surface area contributed by atoms with E-state index in [-0.39, 0.29) is 16.7 Å². The van der Waals surface area contributed by atoms with Crippen molar-refractivity contribution in [1.29, 1.82) is 0 Å². The molecule has 16 heteroatoms. The van der Waals surface area contributed by atoms with Gasteiger partial charge >= 0.3 is 198 Å². The summed E-state index contributed by atoms with van der Waals surface area (Å²) in [7, 11) is 0. The van der Waals surface area contributed by atoms with E-state index in [4.69, 9.17) is 0 Å². The first-order valence-corrected chi connectivity index (χ1v) is 14.5. The number of fused-ring (bicyclic) bond motifs is 2. The summed E-state index contributed by atoms with van der Waals surface area (Å²) in [6, 6.07) is 8.52. The summed E-state index contributed by atoms with van der Waals surface area (Å²) in [6.07, 6.45) is -25.0. The first kappa shape index (κ1) is 26.7. The van der Waals surface area contributed by atoms with Crippen molar-refractivity contribution < 1.29 is 58.9 Å². The summed E-state index contributed by atoms with van der Waals surface area (Å²) in [5.74, 6) is 0. The third-order valence-corrected chi connectivity index (χ3v) is 17.1. The molecule has 0 N–H and O–H groups in total. The van der Waals surface area contributed by atoms with Gasteiger partial charge in [0.25, 0.3) is 0 Å². The van der Waals surface area contributed by atoms with Crippen molar-refractivity contribution in [3.8, 4) is 0 Å². The average Bonchev–Trinajstić information content (AvgIpc) is 3.03. The zero-order valence-corrected chi connectivity index (χ0v) is 19.6. The van der Waals surface area contributed by atoms with E-state index in [2.05, 4.69) is 6.20 Å². The number of rotatable bonds is 2.